The van der Waals surface area contributed by atoms with Gasteiger partial charge in [0.25, 0.3) is 0 Å². The van der Waals surface area contributed by atoms with Crippen molar-refractivity contribution in [2.45, 2.75) is 19.3 Å². The molecule has 0 unspecified atom stereocenters. The van der Waals surface area contributed by atoms with E-state index in [1.54, 1.807) is 0 Å². The lowest BCUT2D eigenvalue weighted by Crippen LogP contribution is -2.07. The van der Waals surface area contributed by atoms with E-state index in [0.29, 0.717) is 12.5 Å². The summed E-state index contributed by atoms with van der Waals surface area (Å²) in [6.45, 7) is 2.32. The molecule has 3 rings (SSSR count). The smallest absolute Gasteiger partial charge is 0.309 e. The lowest BCUT2D eigenvalue weighted by atomic mass is 10.0. The predicted molar refractivity (Wildman–Crippen MR) is 71.4 cm³/mol. The van der Waals surface area contributed by atoms with Crippen molar-refractivity contribution in [1.82, 2.24) is 0 Å². The van der Waals surface area contributed by atoms with Crippen molar-refractivity contribution in [3.63, 3.8) is 0 Å². The molecule has 2 aromatic rings. The Kier molecular flexibility index (Phi) is 2.78. The van der Waals surface area contributed by atoms with Gasteiger partial charge in [-0.25, -0.2) is 0 Å². The number of ether oxygens (including phenoxy) is 1. The van der Waals surface area contributed by atoms with Gasteiger partial charge in [-0.05, 0) is 35.6 Å². The Hall–Kier alpha value is -1.83. The SMILES string of the molecule is CCOC(=O)[C@@H]1C[C@H]1c1cccc2ccccc12. The van der Waals surface area contributed by atoms with Crippen molar-refractivity contribution in [2.24, 2.45) is 5.92 Å². The van der Waals surface area contributed by atoms with Gasteiger partial charge in [-0.15, -0.1) is 0 Å². The Morgan fingerprint density at radius 3 is 2.83 bits per heavy atom. The number of rotatable bonds is 3. The summed E-state index contributed by atoms with van der Waals surface area (Å²) in [6.07, 6.45) is 0.923. The van der Waals surface area contributed by atoms with Crippen molar-refractivity contribution in [3.05, 3.63) is 48.0 Å². The maximum absolute atomic E-state index is 11.7. The van der Waals surface area contributed by atoms with Crippen LogP contribution < -0.4 is 0 Å². The summed E-state index contributed by atoms with van der Waals surface area (Å²) < 4.78 is 5.09. The van der Waals surface area contributed by atoms with Crippen LogP contribution in [-0.4, -0.2) is 12.6 Å². The van der Waals surface area contributed by atoms with Gasteiger partial charge in [0.1, 0.15) is 0 Å². The molecule has 2 aromatic carbocycles. The first-order chi connectivity index (χ1) is 8.81. The van der Waals surface area contributed by atoms with Gasteiger partial charge in [0.05, 0.1) is 12.5 Å². The van der Waals surface area contributed by atoms with Gasteiger partial charge in [-0.3, -0.25) is 4.79 Å². The second-order valence-corrected chi connectivity index (χ2v) is 4.77. The molecule has 1 fully saturated rings. The van der Waals surface area contributed by atoms with E-state index in [1.165, 1.54) is 16.3 Å². The molecule has 0 radical (unpaired) electrons. The van der Waals surface area contributed by atoms with Crippen molar-refractivity contribution >= 4 is 16.7 Å². The van der Waals surface area contributed by atoms with E-state index in [-0.39, 0.29) is 11.9 Å². The highest BCUT2D eigenvalue weighted by Crippen LogP contribution is 2.50. The van der Waals surface area contributed by atoms with Crippen LogP contribution in [0.1, 0.15) is 24.8 Å². The Balaban J connectivity index is 1.91. The van der Waals surface area contributed by atoms with Crippen LogP contribution in [0.5, 0.6) is 0 Å². The van der Waals surface area contributed by atoms with Gasteiger partial charge >= 0.3 is 5.97 Å². The van der Waals surface area contributed by atoms with Crippen molar-refractivity contribution in [3.8, 4) is 0 Å². The molecule has 1 aliphatic rings. The van der Waals surface area contributed by atoms with Gasteiger partial charge in [-0.2, -0.15) is 0 Å². The normalized spacial score (nSPS) is 21.8. The van der Waals surface area contributed by atoms with E-state index < -0.39 is 0 Å². The van der Waals surface area contributed by atoms with Crippen LogP contribution in [0.4, 0.5) is 0 Å². The molecule has 0 bridgehead atoms. The van der Waals surface area contributed by atoms with E-state index in [0.717, 1.165) is 6.42 Å². The standard InChI is InChI=1S/C16H16O2/c1-2-18-16(17)15-10-14(15)13-9-5-7-11-6-3-4-8-12(11)13/h3-9,14-15H,2,10H2,1H3/t14-,15+/m0/s1. The third-order valence-electron chi connectivity index (χ3n) is 3.60. The highest BCUT2D eigenvalue weighted by molar-refractivity contribution is 5.88. The average Bonchev–Trinajstić information content (AvgIpc) is 3.18. The maximum atomic E-state index is 11.7. The molecule has 1 saturated carbocycles. The minimum absolute atomic E-state index is 0.0459. The average molecular weight is 240 g/mol. The number of fused-ring (bicyclic) bond motifs is 1. The largest absolute Gasteiger partial charge is 0.466 e. The number of hydrogen-bond donors (Lipinski definition) is 0. The van der Waals surface area contributed by atoms with Crippen molar-refractivity contribution < 1.29 is 9.53 Å². The molecule has 0 amide bonds. The minimum atomic E-state index is -0.0459. The summed E-state index contributed by atoms with van der Waals surface area (Å²) in [5.41, 5.74) is 1.28. The Morgan fingerprint density at radius 1 is 1.22 bits per heavy atom. The third-order valence-corrected chi connectivity index (χ3v) is 3.60. The zero-order chi connectivity index (χ0) is 12.5. The fourth-order valence-electron chi connectivity index (χ4n) is 2.62. The molecule has 0 N–H and O–H groups in total. The third kappa shape index (κ3) is 1.88. The van der Waals surface area contributed by atoms with Crippen molar-refractivity contribution in [2.75, 3.05) is 6.61 Å². The van der Waals surface area contributed by atoms with Gasteiger partial charge in [0.15, 0.2) is 0 Å². The summed E-state index contributed by atoms with van der Waals surface area (Å²) in [4.78, 5) is 11.7. The second-order valence-electron chi connectivity index (χ2n) is 4.77. The molecular weight excluding hydrogens is 224 g/mol. The molecular formula is C16H16O2. The van der Waals surface area contributed by atoms with E-state index >= 15 is 0 Å². The molecule has 0 aliphatic heterocycles. The van der Waals surface area contributed by atoms with Gasteiger partial charge < -0.3 is 4.74 Å². The zero-order valence-corrected chi connectivity index (χ0v) is 10.4. The summed E-state index contributed by atoms with van der Waals surface area (Å²) >= 11 is 0. The Labute approximate surface area is 107 Å². The van der Waals surface area contributed by atoms with E-state index in [4.69, 9.17) is 4.74 Å². The van der Waals surface area contributed by atoms with E-state index in [1.807, 2.05) is 19.1 Å². The quantitative estimate of drug-likeness (QED) is 0.767. The topological polar surface area (TPSA) is 26.3 Å². The van der Waals surface area contributed by atoms with Crippen LogP contribution >= 0.6 is 0 Å². The highest BCUT2D eigenvalue weighted by atomic mass is 16.5. The first-order valence-corrected chi connectivity index (χ1v) is 6.45. The monoisotopic (exact) mass is 240 g/mol. The molecule has 2 atom stereocenters. The van der Waals surface area contributed by atoms with E-state index in [9.17, 15) is 4.79 Å². The van der Waals surface area contributed by atoms with Crippen LogP contribution in [-0.2, 0) is 9.53 Å². The number of carbonyl (C=O) groups is 1. The number of hydrogen-bond acceptors (Lipinski definition) is 2. The molecule has 2 nitrogen and oxygen atoms in total. The lowest BCUT2D eigenvalue weighted by Gasteiger charge is -2.06. The van der Waals surface area contributed by atoms with Crippen LogP contribution in [0.25, 0.3) is 10.8 Å². The summed E-state index contributed by atoms with van der Waals surface area (Å²) in [5, 5.41) is 2.50. The number of esters is 1. The first-order valence-electron chi connectivity index (χ1n) is 6.45. The van der Waals surface area contributed by atoms with E-state index in [2.05, 4.69) is 30.3 Å². The molecule has 0 saturated heterocycles. The first kappa shape index (κ1) is 11.3. The lowest BCUT2D eigenvalue weighted by molar-refractivity contribution is -0.144. The van der Waals surface area contributed by atoms with Gasteiger partial charge in [0, 0.05) is 0 Å². The summed E-state index contributed by atoms with van der Waals surface area (Å²) in [5.74, 6) is 0.362. The Morgan fingerprint density at radius 2 is 2.00 bits per heavy atom. The fourth-order valence-corrected chi connectivity index (χ4v) is 2.62. The molecule has 0 heterocycles. The van der Waals surface area contributed by atoms with Crippen LogP contribution in [0, 0.1) is 5.92 Å². The zero-order valence-electron chi connectivity index (χ0n) is 10.4. The highest BCUT2D eigenvalue weighted by Gasteiger charge is 2.45. The van der Waals surface area contributed by atoms with Gasteiger partial charge in [0.2, 0.25) is 0 Å². The second kappa shape index (κ2) is 4.45. The summed E-state index contributed by atoms with van der Waals surface area (Å²) in [7, 11) is 0. The molecule has 2 heteroatoms. The van der Waals surface area contributed by atoms with Crippen LogP contribution in [0.15, 0.2) is 42.5 Å². The van der Waals surface area contributed by atoms with Crippen LogP contribution in [0.3, 0.4) is 0 Å². The predicted octanol–water partition coefficient (Wildman–Crippen LogP) is 3.51. The molecule has 1 aliphatic carbocycles. The van der Waals surface area contributed by atoms with Crippen LogP contribution in [0.2, 0.25) is 0 Å². The molecule has 18 heavy (non-hydrogen) atoms. The number of carbonyl (C=O) groups excluding carboxylic acids is 1. The maximum Gasteiger partial charge on any atom is 0.309 e. The summed E-state index contributed by atoms with van der Waals surface area (Å²) in [6, 6.07) is 14.6. The van der Waals surface area contributed by atoms with Crippen molar-refractivity contribution in [1.29, 1.82) is 0 Å². The molecule has 92 valence electrons. The molecule has 0 spiro atoms. The minimum Gasteiger partial charge on any atom is -0.466 e. The Bertz CT molecular complexity index is 583. The number of benzene rings is 2. The van der Waals surface area contributed by atoms with Gasteiger partial charge in [-0.1, -0.05) is 42.5 Å². The molecule has 0 aromatic heterocycles. The fraction of sp³-hybridized carbons (Fsp3) is 0.312.